The molecule has 3 aromatic rings. The van der Waals surface area contributed by atoms with Gasteiger partial charge in [0.1, 0.15) is 0 Å². The van der Waals surface area contributed by atoms with E-state index in [1.54, 1.807) is 0 Å². The summed E-state index contributed by atoms with van der Waals surface area (Å²) in [6, 6.07) is 21.1. The maximum Gasteiger partial charge on any atom is 0.255 e. The number of anilines is 1. The fraction of sp³-hybridized carbons (Fsp3) is 0.217. The molecule has 0 aliphatic carbocycles. The van der Waals surface area contributed by atoms with Gasteiger partial charge in [0.2, 0.25) is 5.91 Å². The number of rotatable bonds is 5. The molecule has 1 aliphatic rings. The van der Waals surface area contributed by atoms with Crippen molar-refractivity contribution in [3.8, 4) is 0 Å². The van der Waals surface area contributed by atoms with E-state index < -0.39 is 0 Å². The van der Waals surface area contributed by atoms with E-state index in [1.807, 2.05) is 66.7 Å². The van der Waals surface area contributed by atoms with Crippen molar-refractivity contribution in [2.45, 2.75) is 25.4 Å². The third kappa shape index (κ3) is 3.75. The number of hydrogen-bond donors (Lipinski definition) is 2. The number of nitrogens with two attached hydrogens (primary N) is 1. The summed E-state index contributed by atoms with van der Waals surface area (Å²) < 4.78 is 0. The van der Waals surface area contributed by atoms with E-state index in [2.05, 4.69) is 10.2 Å². The number of nitrogens with zero attached hydrogens (tertiary/aromatic N) is 1. The summed E-state index contributed by atoms with van der Waals surface area (Å²) in [5.74, 6) is -0.429. The van der Waals surface area contributed by atoms with Gasteiger partial charge in [-0.1, -0.05) is 48.5 Å². The molecule has 0 bridgehead atoms. The number of para-hydroxylation sites is 1. The molecule has 1 saturated heterocycles. The lowest BCUT2D eigenvalue weighted by molar-refractivity contribution is -0.122. The molecule has 3 N–H and O–H groups in total. The minimum absolute atomic E-state index is 0.147. The Bertz CT molecular complexity index is 1030. The number of carbonyl (C=O) groups excluding carboxylic acids is 2. The molecule has 0 spiro atoms. The summed E-state index contributed by atoms with van der Waals surface area (Å²) in [5.41, 5.74) is 7.88. The molecular formula is C23H23N3O2. The monoisotopic (exact) mass is 373 g/mol. The Morgan fingerprint density at radius 2 is 1.75 bits per heavy atom. The number of benzene rings is 3. The van der Waals surface area contributed by atoms with Crippen molar-refractivity contribution in [1.29, 1.82) is 0 Å². The van der Waals surface area contributed by atoms with Crippen LogP contribution in [0.3, 0.4) is 0 Å². The molecule has 5 heteroatoms. The predicted molar refractivity (Wildman–Crippen MR) is 111 cm³/mol. The number of likely N-dealkylation sites (tertiary alicyclic amines) is 1. The fourth-order valence-corrected chi connectivity index (χ4v) is 3.86. The lowest BCUT2D eigenvalue weighted by Crippen LogP contribution is -2.39. The number of carbonyl (C=O) groups is 2. The van der Waals surface area contributed by atoms with Crippen LogP contribution in [0.15, 0.2) is 66.7 Å². The van der Waals surface area contributed by atoms with E-state index in [1.165, 1.54) is 0 Å². The van der Waals surface area contributed by atoms with Gasteiger partial charge in [-0.2, -0.15) is 0 Å². The van der Waals surface area contributed by atoms with Gasteiger partial charge in [-0.05, 0) is 53.9 Å². The Morgan fingerprint density at radius 3 is 2.57 bits per heavy atom. The molecule has 5 nitrogen and oxygen atoms in total. The highest BCUT2D eigenvalue weighted by Gasteiger charge is 2.29. The summed E-state index contributed by atoms with van der Waals surface area (Å²) in [5, 5.41) is 5.16. The highest BCUT2D eigenvalue weighted by molar-refractivity contribution is 6.06. The Kier molecular flexibility index (Phi) is 5.08. The summed E-state index contributed by atoms with van der Waals surface area (Å²) in [6.07, 6.45) is 1.75. The second-order valence-electron chi connectivity index (χ2n) is 7.20. The van der Waals surface area contributed by atoms with Crippen LogP contribution in [-0.2, 0) is 11.3 Å². The second kappa shape index (κ2) is 7.82. The Hall–Kier alpha value is -3.18. The van der Waals surface area contributed by atoms with Crippen LogP contribution in [0.25, 0.3) is 10.8 Å². The topological polar surface area (TPSA) is 75.4 Å². The van der Waals surface area contributed by atoms with Crippen molar-refractivity contribution in [2.24, 2.45) is 5.73 Å². The largest absolute Gasteiger partial charge is 0.368 e. The van der Waals surface area contributed by atoms with Crippen molar-refractivity contribution in [3.05, 3.63) is 77.9 Å². The minimum Gasteiger partial charge on any atom is -0.368 e. The normalized spacial score (nSPS) is 16.9. The lowest BCUT2D eigenvalue weighted by atomic mass is 10.1. The van der Waals surface area contributed by atoms with Gasteiger partial charge in [0.25, 0.3) is 5.91 Å². The maximum absolute atomic E-state index is 12.8. The Labute approximate surface area is 164 Å². The van der Waals surface area contributed by atoms with E-state index in [9.17, 15) is 9.59 Å². The summed E-state index contributed by atoms with van der Waals surface area (Å²) in [4.78, 5) is 26.6. The zero-order valence-electron chi connectivity index (χ0n) is 15.6. The lowest BCUT2D eigenvalue weighted by Gasteiger charge is -2.23. The van der Waals surface area contributed by atoms with E-state index >= 15 is 0 Å². The van der Waals surface area contributed by atoms with Crippen LogP contribution >= 0.6 is 0 Å². The molecule has 1 heterocycles. The maximum atomic E-state index is 12.8. The van der Waals surface area contributed by atoms with E-state index in [0.29, 0.717) is 12.1 Å². The summed E-state index contributed by atoms with van der Waals surface area (Å²) in [7, 11) is 0. The molecule has 1 aliphatic heterocycles. The Balaban J connectivity index is 1.54. The molecular weight excluding hydrogens is 350 g/mol. The van der Waals surface area contributed by atoms with Gasteiger partial charge >= 0.3 is 0 Å². The SMILES string of the molecule is NC(=O)C1CCCN1Cc1ccccc1NC(=O)c1ccc2ccccc2c1. The van der Waals surface area contributed by atoms with Crippen molar-refractivity contribution >= 4 is 28.3 Å². The number of fused-ring (bicyclic) bond motifs is 1. The predicted octanol–water partition coefficient (Wildman–Crippen LogP) is 3.54. The summed E-state index contributed by atoms with van der Waals surface area (Å²) in [6.45, 7) is 1.42. The zero-order valence-corrected chi connectivity index (χ0v) is 15.6. The average Bonchev–Trinajstić information content (AvgIpc) is 3.17. The van der Waals surface area contributed by atoms with Gasteiger partial charge in [-0.3, -0.25) is 14.5 Å². The fourth-order valence-electron chi connectivity index (χ4n) is 3.86. The van der Waals surface area contributed by atoms with Crippen LogP contribution in [0, 0.1) is 0 Å². The van der Waals surface area contributed by atoms with E-state index in [-0.39, 0.29) is 17.9 Å². The number of nitrogens with one attached hydrogen (secondary N) is 1. The molecule has 1 atom stereocenters. The summed E-state index contributed by atoms with van der Waals surface area (Å²) >= 11 is 0. The molecule has 2 amide bonds. The molecule has 3 aromatic carbocycles. The highest BCUT2D eigenvalue weighted by Crippen LogP contribution is 2.24. The smallest absolute Gasteiger partial charge is 0.255 e. The van der Waals surface area contributed by atoms with Crippen molar-refractivity contribution in [3.63, 3.8) is 0 Å². The Morgan fingerprint density at radius 1 is 1.00 bits per heavy atom. The van der Waals surface area contributed by atoms with Crippen molar-refractivity contribution in [2.75, 3.05) is 11.9 Å². The quantitative estimate of drug-likeness (QED) is 0.718. The van der Waals surface area contributed by atoms with Gasteiger partial charge in [0, 0.05) is 17.8 Å². The molecule has 0 aromatic heterocycles. The number of primary amides is 1. The van der Waals surface area contributed by atoms with Gasteiger partial charge in [-0.15, -0.1) is 0 Å². The molecule has 28 heavy (non-hydrogen) atoms. The van der Waals surface area contributed by atoms with E-state index in [4.69, 9.17) is 5.73 Å². The molecule has 142 valence electrons. The first kappa shape index (κ1) is 18.2. The molecule has 0 saturated carbocycles. The van der Waals surface area contributed by atoms with Crippen molar-refractivity contribution in [1.82, 2.24) is 4.90 Å². The first-order chi connectivity index (χ1) is 13.6. The number of hydrogen-bond acceptors (Lipinski definition) is 3. The van der Waals surface area contributed by atoms with Crippen molar-refractivity contribution < 1.29 is 9.59 Å². The van der Waals surface area contributed by atoms with Gasteiger partial charge in [-0.25, -0.2) is 0 Å². The number of amides is 2. The first-order valence-corrected chi connectivity index (χ1v) is 9.53. The second-order valence-corrected chi connectivity index (χ2v) is 7.20. The van der Waals surface area contributed by atoms with Crippen LogP contribution in [0.5, 0.6) is 0 Å². The molecule has 1 fully saturated rings. The van der Waals surface area contributed by atoms with Gasteiger partial charge in [0.05, 0.1) is 6.04 Å². The molecule has 1 unspecified atom stereocenters. The van der Waals surface area contributed by atoms with Crippen LogP contribution in [0.4, 0.5) is 5.69 Å². The third-order valence-corrected chi connectivity index (χ3v) is 5.34. The van der Waals surface area contributed by atoms with Crippen LogP contribution in [-0.4, -0.2) is 29.3 Å². The highest BCUT2D eigenvalue weighted by atomic mass is 16.2. The standard InChI is InChI=1S/C23H23N3O2/c24-22(27)21-10-5-13-26(21)15-19-8-3-4-9-20(19)25-23(28)18-12-11-16-6-1-2-7-17(16)14-18/h1-4,6-9,11-12,14,21H,5,10,13,15H2,(H2,24,27)(H,25,28). The van der Waals surface area contributed by atoms with E-state index in [0.717, 1.165) is 41.4 Å². The third-order valence-electron chi connectivity index (χ3n) is 5.34. The van der Waals surface area contributed by atoms with Crippen LogP contribution in [0.1, 0.15) is 28.8 Å². The zero-order chi connectivity index (χ0) is 19.5. The molecule has 0 radical (unpaired) electrons. The van der Waals surface area contributed by atoms with Crippen LogP contribution < -0.4 is 11.1 Å². The minimum atomic E-state index is -0.282. The van der Waals surface area contributed by atoms with Gasteiger partial charge in [0.15, 0.2) is 0 Å². The van der Waals surface area contributed by atoms with Crippen LogP contribution in [0.2, 0.25) is 0 Å². The first-order valence-electron chi connectivity index (χ1n) is 9.53. The van der Waals surface area contributed by atoms with Gasteiger partial charge < -0.3 is 11.1 Å². The molecule has 4 rings (SSSR count). The average molecular weight is 373 g/mol.